The number of benzene rings is 2. The fourth-order valence-electron chi connectivity index (χ4n) is 8.42. The lowest BCUT2D eigenvalue weighted by atomic mass is 9.95. The van der Waals surface area contributed by atoms with Gasteiger partial charge >= 0.3 is 12.1 Å². The lowest BCUT2D eigenvalue weighted by Crippen LogP contribution is -2.45. The van der Waals surface area contributed by atoms with Gasteiger partial charge in [-0.15, -0.1) is 6.42 Å². The molecule has 1 unspecified atom stereocenters. The van der Waals surface area contributed by atoms with E-state index in [-0.39, 0.29) is 45.0 Å². The largest absolute Gasteiger partial charge is 0.461 e. The number of anilines is 1. The van der Waals surface area contributed by atoms with E-state index >= 15 is 8.78 Å². The minimum atomic E-state index is -0.785. The van der Waals surface area contributed by atoms with Gasteiger partial charge in [0.05, 0.1) is 29.1 Å². The number of piperidine rings is 1. The third-order valence-corrected chi connectivity index (χ3v) is 11.0. The Kier molecular flexibility index (Phi) is 9.36. The quantitative estimate of drug-likeness (QED) is 0.170. The van der Waals surface area contributed by atoms with Crippen molar-refractivity contribution in [1.29, 1.82) is 0 Å². The number of likely N-dealkylation sites (tertiary alicyclic amines) is 1. The first-order valence-corrected chi connectivity index (χ1v) is 18.1. The molecule has 52 heavy (non-hydrogen) atoms. The molecule has 0 N–H and O–H groups in total. The van der Waals surface area contributed by atoms with Gasteiger partial charge in [0.1, 0.15) is 41.5 Å². The fraction of sp³-hybridized carbons (Fsp3) is 0.462. The number of fused-ring (bicyclic) bond motifs is 3. The van der Waals surface area contributed by atoms with Gasteiger partial charge in [0.2, 0.25) is 0 Å². The Labute approximate surface area is 300 Å². The summed E-state index contributed by atoms with van der Waals surface area (Å²) in [6.45, 7) is 5.08. The van der Waals surface area contributed by atoms with Gasteiger partial charge in [-0.05, 0) is 88.0 Å². The van der Waals surface area contributed by atoms with E-state index in [1.807, 2.05) is 4.90 Å². The second-order valence-electron chi connectivity index (χ2n) is 14.1. The van der Waals surface area contributed by atoms with Crippen molar-refractivity contribution in [2.45, 2.75) is 62.9 Å². The Hall–Kier alpha value is -4.93. The average Bonchev–Trinajstić information content (AvgIpc) is 3.63. The van der Waals surface area contributed by atoms with E-state index in [0.717, 1.165) is 64.3 Å². The van der Waals surface area contributed by atoms with Gasteiger partial charge in [0, 0.05) is 43.4 Å². The highest BCUT2D eigenvalue weighted by Crippen LogP contribution is 2.41. The molecule has 0 aliphatic carbocycles. The molecule has 13 heteroatoms. The molecule has 2 aromatic heterocycles. The second-order valence-corrected chi connectivity index (χ2v) is 14.1. The number of halogens is 2. The van der Waals surface area contributed by atoms with Crippen LogP contribution in [0.2, 0.25) is 0 Å². The van der Waals surface area contributed by atoms with Gasteiger partial charge in [0.15, 0.2) is 5.82 Å². The number of ether oxygens (including phenoxy) is 3. The topological polar surface area (TPSA) is 110 Å². The highest BCUT2D eigenvalue weighted by Gasteiger charge is 2.45. The summed E-state index contributed by atoms with van der Waals surface area (Å²) in [6, 6.07) is 5.13. The smallest absolute Gasteiger partial charge is 0.415 e. The molecule has 4 aromatic rings. The number of aromatic nitrogens is 3. The number of nitrogens with zero attached hydrogens (tertiary/aromatic N) is 6. The Morgan fingerprint density at radius 3 is 2.69 bits per heavy atom. The number of carbonyl (C=O) groups excluding carboxylic acids is 2. The summed E-state index contributed by atoms with van der Waals surface area (Å²) in [4.78, 5) is 45.0. The highest BCUT2D eigenvalue weighted by atomic mass is 19.1. The maximum atomic E-state index is 17.2. The van der Waals surface area contributed by atoms with E-state index in [1.165, 1.54) is 35.4 Å². The third-order valence-electron chi connectivity index (χ3n) is 11.0. The first-order chi connectivity index (χ1) is 25.4. The highest BCUT2D eigenvalue weighted by molar-refractivity contribution is 6.03. The van der Waals surface area contributed by atoms with Crippen molar-refractivity contribution in [3.8, 4) is 35.4 Å². The standard InChI is InChI=1S/C39H40F2N6O5/c1-2-28-31(40)10-9-25-20-27(52-38(49)47-16-4-3-8-26(47)23-48)21-29(32(25)28)34-33(41)35-30(22-42-34)36(45-13-7-18-50-19-17-45)44-37(43-35)51-24-39-11-5-14-46(39)15-6-12-39/h1,9-10,20-23,26H,3-8,11-19,24H2. The molecule has 4 saturated heterocycles. The summed E-state index contributed by atoms with van der Waals surface area (Å²) >= 11 is 0. The Balaban J connectivity index is 1.25. The number of aldehydes is 1. The lowest BCUT2D eigenvalue weighted by Gasteiger charge is -2.31. The maximum Gasteiger partial charge on any atom is 0.415 e. The number of pyridine rings is 1. The van der Waals surface area contributed by atoms with Crippen LogP contribution in [0.15, 0.2) is 30.5 Å². The Morgan fingerprint density at radius 2 is 1.88 bits per heavy atom. The van der Waals surface area contributed by atoms with Crippen molar-refractivity contribution in [2.75, 3.05) is 57.4 Å². The van der Waals surface area contributed by atoms with Crippen LogP contribution in [0.25, 0.3) is 32.9 Å². The average molecular weight is 711 g/mol. The van der Waals surface area contributed by atoms with Crippen LogP contribution in [0.3, 0.4) is 0 Å². The van der Waals surface area contributed by atoms with Crippen LogP contribution < -0.4 is 14.4 Å². The van der Waals surface area contributed by atoms with E-state index in [0.29, 0.717) is 62.5 Å². The Morgan fingerprint density at radius 1 is 1.04 bits per heavy atom. The predicted octanol–water partition coefficient (Wildman–Crippen LogP) is 5.89. The second kappa shape index (κ2) is 14.2. The molecule has 0 bridgehead atoms. The number of hydrogen-bond donors (Lipinski definition) is 0. The molecular weight excluding hydrogens is 670 g/mol. The molecule has 4 aliphatic rings. The van der Waals surface area contributed by atoms with Crippen LogP contribution in [0.5, 0.6) is 11.8 Å². The van der Waals surface area contributed by atoms with Gasteiger partial charge in [0.25, 0.3) is 0 Å². The van der Waals surface area contributed by atoms with Crippen LogP contribution in [0.4, 0.5) is 19.4 Å². The first-order valence-electron chi connectivity index (χ1n) is 18.1. The van der Waals surface area contributed by atoms with Crippen LogP contribution in [0.1, 0.15) is 56.9 Å². The molecule has 1 amide bonds. The number of hydrogen-bond acceptors (Lipinski definition) is 10. The van der Waals surface area contributed by atoms with Gasteiger partial charge in [-0.25, -0.2) is 13.6 Å². The van der Waals surface area contributed by atoms with Gasteiger partial charge in [-0.1, -0.05) is 12.0 Å². The zero-order valence-electron chi connectivity index (χ0n) is 28.9. The molecule has 8 rings (SSSR count). The van der Waals surface area contributed by atoms with Crippen LogP contribution in [0, 0.1) is 24.0 Å². The van der Waals surface area contributed by atoms with Crippen molar-refractivity contribution in [1.82, 2.24) is 24.8 Å². The van der Waals surface area contributed by atoms with E-state index in [2.05, 4.69) is 20.8 Å². The van der Waals surface area contributed by atoms with Crippen LogP contribution in [-0.2, 0) is 9.53 Å². The molecule has 11 nitrogen and oxygen atoms in total. The van der Waals surface area contributed by atoms with Crippen molar-refractivity contribution in [3.63, 3.8) is 0 Å². The van der Waals surface area contributed by atoms with Crippen molar-refractivity contribution >= 4 is 39.9 Å². The normalized spacial score (nSPS) is 20.4. The number of terminal acetylenes is 1. The lowest BCUT2D eigenvalue weighted by molar-refractivity contribution is -0.112. The molecule has 2 aromatic carbocycles. The van der Waals surface area contributed by atoms with Crippen LogP contribution >= 0.6 is 0 Å². The van der Waals surface area contributed by atoms with Crippen molar-refractivity contribution in [2.24, 2.45) is 0 Å². The van der Waals surface area contributed by atoms with E-state index in [4.69, 9.17) is 25.6 Å². The molecule has 4 fully saturated rings. The summed E-state index contributed by atoms with van der Waals surface area (Å²) < 4.78 is 50.3. The SMILES string of the molecule is C#Cc1c(F)ccc2cc(OC(=O)N3CCCCC3C=O)cc(-c3ncc4c(N5CCCOCC5)nc(OCC56CCCN5CCC6)nc4c3F)c12. The molecule has 1 atom stereocenters. The maximum absolute atomic E-state index is 17.2. The summed E-state index contributed by atoms with van der Waals surface area (Å²) in [5.41, 5.74) is -0.220. The van der Waals surface area contributed by atoms with Gasteiger partial charge < -0.3 is 23.9 Å². The number of rotatable bonds is 7. The molecule has 270 valence electrons. The molecule has 6 heterocycles. The first kappa shape index (κ1) is 34.2. The van der Waals surface area contributed by atoms with E-state index < -0.39 is 23.8 Å². The van der Waals surface area contributed by atoms with Crippen LogP contribution in [-0.4, -0.2) is 101 Å². The fourth-order valence-corrected chi connectivity index (χ4v) is 8.42. The van der Waals surface area contributed by atoms with Crippen molar-refractivity contribution < 1.29 is 32.6 Å². The Bertz CT molecular complexity index is 2070. The third kappa shape index (κ3) is 6.17. The summed E-state index contributed by atoms with van der Waals surface area (Å²) in [6.07, 6.45) is 14.5. The molecular formula is C39H40F2N6O5. The minimum Gasteiger partial charge on any atom is -0.461 e. The zero-order valence-corrected chi connectivity index (χ0v) is 28.9. The van der Waals surface area contributed by atoms with E-state index in [1.54, 1.807) is 0 Å². The van der Waals surface area contributed by atoms with Gasteiger partial charge in [-0.3, -0.25) is 14.8 Å². The molecule has 0 saturated carbocycles. The predicted molar refractivity (Wildman–Crippen MR) is 190 cm³/mol. The number of amides is 1. The molecule has 0 spiro atoms. The monoisotopic (exact) mass is 710 g/mol. The van der Waals surface area contributed by atoms with E-state index in [9.17, 15) is 9.59 Å². The summed E-state index contributed by atoms with van der Waals surface area (Å²) in [5, 5.41) is 1.03. The zero-order chi connectivity index (χ0) is 35.8. The van der Waals surface area contributed by atoms with Gasteiger partial charge in [-0.2, -0.15) is 9.97 Å². The summed E-state index contributed by atoms with van der Waals surface area (Å²) in [7, 11) is 0. The minimum absolute atomic E-state index is 0.0151. The van der Waals surface area contributed by atoms with Crippen molar-refractivity contribution in [3.05, 3.63) is 47.7 Å². The molecule has 4 aliphatic heterocycles. The summed E-state index contributed by atoms with van der Waals surface area (Å²) in [5.74, 6) is 1.51. The number of carbonyl (C=O) groups is 2. The molecule has 0 radical (unpaired) electrons.